The van der Waals surface area contributed by atoms with Crippen LogP contribution < -0.4 is 5.73 Å². The van der Waals surface area contributed by atoms with E-state index in [1.165, 1.54) is 18.2 Å². The molecule has 0 fully saturated rings. The first kappa shape index (κ1) is 11.7. The van der Waals surface area contributed by atoms with Gasteiger partial charge in [-0.1, -0.05) is 12.1 Å². The first-order valence-electron chi connectivity index (χ1n) is 5.26. The molecule has 1 aromatic heterocycles. The van der Waals surface area contributed by atoms with Crippen LogP contribution in [-0.4, -0.2) is 4.98 Å². The van der Waals surface area contributed by atoms with Crippen molar-refractivity contribution in [1.82, 2.24) is 4.98 Å². The van der Waals surface area contributed by atoms with Gasteiger partial charge in [-0.15, -0.1) is 0 Å². The second-order valence-electron chi connectivity index (χ2n) is 3.84. The van der Waals surface area contributed by atoms with Crippen LogP contribution in [0, 0.1) is 11.6 Å². The fraction of sp³-hybridized carbons (Fsp3) is 0.154. The molecule has 0 aliphatic heterocycles. The van der Waals surface area contributed by atoms with E-state index in [1.54, 1.807) is 18.2 Å². The number of nitrogens with two attached hydrogens (primary N) is 1. The minimum atomic E-state index is -0.397. The van der Waals surface area contributed by atoms with Gasteiger partial charge in [0.1, 0.15) is 11.6 Å². The van der Waals surface area contributed by atoms with Crippen LogP contribution in [-0.2, 0) is 6.42 Å². The Morgan fingerprint density at radius 3 is 2.59 bits per heavy atom. The highest BCUT2D eigenvalue weighted by Crippen LogP contribution is 2.15. The third-order valence-corrected chi connectivity index (χ3v) is 2.47. The van der Waals surface area contributed by atoms with E-state index in [2.05, 4.69) is 4.98 Å². The molecule has 0 aliphatic rings. The van der Waals surface area contributed by atoms with Gasteiger partial charge in [0.2, 0.25) is 0 Å². The average molecular weight is 234 g/mol. The normalized spacial score (nSPS) is 12.4. The van der Waals surface area contributed by atoms with Crippen molar-refractivity contribution in [2.75, 3.05) is 0 Å². The molecule has 2 aromatic rings. The van der Waals surface area contributed by atoms with Gasteiger partial charge < -0.3 is 5.73 Å². The zero-order valence-corrected chi connectivity index (χ0v) is 9.11. The molecule has 4 heteroatoms. The van der Waals surface area contributed by atoms with Gasteiger partial charge in [-0.25, -0.2) is 8.78 Å². The number of pyridine rings is 1. The SMILES string of the molecule is NC(Cc1cccc(F)c1)c1ccc(F)cn1. The molecule has 2 N–H and O–H groups in total. The van der Waals surface area contributed by atoms with E-state index in [0.717, 1.165) is 11.8 Å². The van der Waals surface area contributed by atoms with Crippen LogP contribution in [0.25, 0.3) is 0 Å². The zero-order chi connectivity index (χ0) is 12.3. The molecule has 2 nitrogen and oxygen atoms in total. The number of hydrogen-bond donors (Lipinski definition) is 1. The molecule has 1 aromatic carbocycles. The lowest BCUT2D eigenvalue weighted by molar-refractivity contribution is 0.609. The second kappa shape index (κ2) is 5.01. The number of rotatable bonds is 3. The summed E-state index contributed by atoms with van der Waals surface area (Å²) in [7, 11) is 0. The number of benzene rings is 1. The van der Waals surface area contributed by atoms with Crippen LogP contribution in [0.15, 0.2) is 42.6 Å². The molecule has 1 atom stereocenters. The monoisotopic (exact) mass is 234 g/mol. The van der Waals surface area contributed by atoms with Gasteiger partial charge in [-0.05, 0) is 36.2 Å². The van der Waals surface area contributed by atoms with Gasteiger partial charge >= 0.3 is 0 Å². The first-order chi connectivity index (χ1) is 8.15. The Hall–Kier alpha value is -1.81. The van der Waals surface area contributed by atoms with E-state index in [-0.39, 0.29) is 11.9 Å². The maximum atomic E-state index is 13.0. The fourth-order valence-corrected chi connectivity index (χ4v) is 1.63. The lowest BCUT2D eigenvalue weighted by Gasteiger charge is -2.10. The molecule has 88 valence electrons. The van der Waals surface area contributed by atoms with Crippen molar-refractivity contribution in [2.24, 2.45) is 5.73 Å². The van der Waals surface area contributed by atoms with E-state index in [1.807, 2.05) is 0 Å². The van der Waals surface area contributed by atoms with Gasteiger partial charge in [0.05, 0.1) is 17.9 Å². The Morgan fingerprint density at radius 1 is 1.12 bits per heavy atom. The summed E-state index contributed by atoms with van der Waals surface area (Å²) < 4.78 is 25.6. The Kier molecular flexibility index (Phi) is 3.44. The summed E-state index contributed by atoms with van der Waals surface area (Å²) in [6.45, 7) is 0. The van der Waals surface area contributed by atoms with Crippen molar-refractivity contribution >= 4 is 0 Å². The lowest BCUT2D eigenvalue weighted by Crippen LogP contribution is -2.15. The van der Waals surface area contributed by atoms with Gasteiger partial charge in [0.15, 0.2) is 0 Å². The minimum absolute atomic E-state index is 0.290. The predicted molar refractivity (Wildman–Crippen MR) is 61.2 cm³/mol. The molecular weight excluding hydrogens is 222 g/mol. The lowest BCUT2D eigenvalue weighted by atomic mass is 10.0. The van der Waals surface area contributed by atoms with E-state index in [4.69, 9.17) is 5.73 Å². The van der Waals surface area contributed by atoms with Crippen LogP contribution in [0.3, 0.4) is 0 Å². The quantitative estimate of drug-likeness (QED) is 0.886. The smallest absolute Gasteiger partial charge is 0.141 e. The van der Waals surface area contributed by atoms with Crippen molar-refractivity contribution in [3.05, 3.63) is 65.5 Å². The summed E-state index contributed by atoms with van der Waals surface area (Å²) in [5.74, 6) is -0.687. The van der Waals surface area contributed by atoms with E-state index in [0.29, 0.717) is 12.1 Å². The van der Waals surface area contributed by atoms with E-state index >= 15 is 0 Å². The molecule has 17 heavy (non-hydrogen) atoms. The summed E-state index contributed by atoms with van der Waals surface area (Å²) in [5, 5.41) is 0. The Bertz CT molecular complexity index is 497. The highest BCUT2D eigenvalue weighted by molar-refractivity contribution is 5.20. The number of halogens is 2. The predicted octanol–water partition coefficient (Wildman–Crippen LogP) is 2.60. The molecule has 0 amide bonds. The van der Waals surface area contributed by atoms with Crippen molar-refractivity contribution in [1.29, 1.82) is 0 Å². The van der Waals surface area contributed by atoms with Crippen LogP contribution in [0.2, 0.25) is 0 Å². The Labute approximate surface area is 98.1 Å². The molecule has 0 saturated heterocycles. The molecule has 0 aliphatic carbocycles. The molecule has 0 spiro atoms. The fourth-order valence-electron chi connectivity index (χ4n) is 1.63. The second-order valence-corrected chi connectivity index (χ2v) is 3.84. The van der Waals surface area contributed by atoms with Crippen molar-refractivity contribution in [2.45, 2.75) is 12.5 Å². The van der Waals surface area contributed by atoms with Crippen LogP contribution >= 0.6 is 0 Å². The summed E-state index contributed by atoms with van der Waals surface area (Å²) in [6, 6.07) is 8.74. The van der Waals surface area contributed by atoms with Crippen molar-refractivity contribution in [3.8, 4) is 0 Å². The molecule has 1 unspecified atom stereocenters. The molecule has 0 saturated carbocycles. The van der Waals surface area contributed by atoms with Gasteiger partial charge in [-0.2, -0.15) is 0 Å². The molecule has 0 radical (unpaired) electrons. The van der Waals surface area contributed by atoms with E-state index in [9.17, 15) is 8.78 Å². The number of nitrogens with zero attached hydrogens (tertiary/aromatic N) is 1. The highest BCUT2D eigenvalue weighted by atomic mass is 19.1. The Morgan fingerprint density at radius 2 is 1.94 bits per heavy atom. The molecular formula is C13H12F2N2. The number of hydrogen-bond acceptors (Lipinski definition) is 2. The third-order valence-electron chi connectivity index (χ3n) is 2.47. The van der Waals surface area contributed by atoms with Crippen molar-refractivity contribution < 1.29 is 8.78 Å². The largest absolute Gasteiger partial charge is 0.322 e. The highest BCUT2D eigenvalue weighted by Gasteiger charge is 2.09. The number of aromatic nitrogens is 1. The topological polar surface area (TPSA) is 38.9 Å². The third kappa shape index (κ3) is 3.07. The molecule has 1 heterocycles. The standard InChI is InChI=1S/C13H12F2N2/c14-10-3-1-2-9(6-10)7-12(16)13-5-4-11(15)8-17-13/h1-6,8,12H,7,16H2. The maximum absolute atomic E-state index is 13.0. The summed E-state index contributed by atoms with van der Waals surface area (Å²) >= 11 is 0. The van der Waals surface area contributed by atoms with Gasteiger partial charge in [0.25, 0.3) is 0 Å². The molecule has 0 bridgehead atoms. The van der Waals surface area contributed by atoms with Gasteiger partial charge in [0, 0.05) is 0 Å². The maximum Gasteiger partial charge on any atom is 0.141 e. The average Bonchev–Trinajstić information content (AvgIpc) is 2.29. The zero-order valence-electron chi connectivity index (χ0n) is 9.11. The Balaban J connectivity index is 2.11. The van der Waals surface area contributed by atoms with Crippen LogP contribution in [0.4, 0.5) is 8.78 Å². The van der Waals surface area contributed by atoms with E-state index < -0.39 is 5.82 Å². The first-order valence-corrected chi connectivity index (χ1v) is 5.26. The van der Waals surface area contributed by atoms with Gasteiger partial charge in [-0.3, -0.25) is 4.98 Å². The van der Waals surface area contributed by atoms with Crippen LogP contribution in [0.1, 0.15) is 17.3 Å². The minimum Gasteiger partial charge on any atom is -0.322 e. The summed E-state index contributed by atoms with van der Waals surface area (Å²) in [4.78, 5) is 3.90. The summed E-state index contributed by atoms with van der Waals surface area (Å²) in [6.07, 6.45) is 1.59. The molecule has 2 rings (SSSR count). The summed E-state index contributed by atoms with van der Waals surface area (Å²) in [5.41, 5.74) is 7.31. The van der Waals surface area contributed by atoms with Crippen molar-refractivity contribution in [3.63, 3.8) is 0 Å². The van der Waals surface area contributed by atoms with Crippen LogP contribution in [0.5, 0.6) is 0 Å².